The zero-order valence-electron chi connectivity index (χ0n) is 19.7. The third-order valence-corrected chi connectivity index (χ3v) is 4.85. The van der Waals surface area contributed by atoms with Crippen molar-refractivity contribution in [2.24, 2.45) is 5.92 Å². The molecule has 0 spiro atoms. The van der Waals surface area contributed by atoms with E-state index < -0.39 is 23.7 Å². The molecule has 0 aliphatic rings. The summed E-state index contributed by atoms with van der Waals surface area (Å²) in [5, 5.41) is 4.34. The number of ether oxygens (including phenoxy) is 3. The fraction of sp³-hybridized carbons (Fsp3) is 0.520. The van der Waals surface area contributed by atoms with Crippen LogP contribution in [0.3, 0.4) is 0 Å². The molecule has 1 amide bonds. The summed E-state index contributed by atoms with van der Waals surface area (Å²) in [5.41, 5.74) is 0.250. The zero-order chi connectivity index (χ0) is 23.2. The number of aryl methyl sites for hydroxylation is 1. The fourth-order valence-electron chi connectivity index (χ4n) is 3.31. The Bertz CT molecular complexity index is 914. The predicted octanol–water partition coefficient (Wildman–Crippen LogP) is 5.65. The highest BCUT2D eigenvalue weighted by atomic mass is 16.6. The molecule has 170 valence electrons. The molecule has 2 aromatic rings. The highest BCUT2D eigenvalue weighted by Crippen LogP contribution is 2.38. The van der Waals surface area contributed by atoms with E-state index >= 15 is 0 Å². The number of nitrogens with one attached hydrogen (secondary N) is 1. The summed E-state index contributed by atoms with van der Waals surface area (Å²) < 4.78 is 16.8. The summed E-state index contributed by atoms with van der Waals surface area (Å²) in [5.74, 6) is 0.567. The van der Waals surface area contributed by atoms with Crippen LogP contribution >= 0.6 is 0 Å². The molecule has 2 rings (SSSR count). The Morgan fingerprint density at radius 3 is 2.29 bits per heavy atom. The van der Waals surface area contributed by atoms with E-state index in [1.165, 1.54) is 0 Å². The first-order chi connectivity index (χ1) is 14.6. The highest BCUT2D eigenvalue weighted by molar-refractivity contribution is 5.96. The number of unbranched alkanes of at least 4 members (excludes halogenated alkanes) is 1. The topological polar surface area (TPSA) is 73.9 Å². The summed E-state index contributed by atoms with van der Waals surface area (Å²) in [6.07, 6.45) is 2.08. The number of amides is 1. The van der Waals surface area contributed by atoms with Crippen molar-refractivity contribution in [2.45, 2.75) is 72.4 Å². The average Bonchev–Trinajstić information content (AvgIpc) is 2.69. The van der Waals surface area contributed by atoms with Crippen molar-refractivity contribution in [1.29, 1.82) is 0 Å². The summed E-state index contributed by atoms with van der Waals surface area (Å²) in [7, 11) is 1.64. The SMILES string of the molecule is CCCCc1cc(OC)c2ccccc2c1OC(=O)[C@@H](NC(=O)OC(C)(C)C)C(C)C. The van der Waals surface area contributed by atoms with Crippen LogP contribution in [0, 0.1) is 5.92 Å². The number of methoxy groups -OCH3 is 1. The lowest BCUT2D eigenvalue weighted by molar-refractivity contribution is -0.137. The largest absolute Gasteiger partial charge is 0.496 e. The number of esters is 1. The van der Waals surface area contributed by atoms with Crippen LogP contribution in [-0.4, -0.2) is 30.8 Å². The van der Waals surface area contributed by atoms with Gasteiger partial charge in [0.2, 0.25) is 0 Å². The van der Waals surface area contributed by atoms with Crippen molar-refractivity contribution in [3.8, 4) is 11.5 Å². The molecule has 31 heavy (non-hydrogen) atoms. The molecule has 0 aromatic heterocycles. The number of rotatable bonds is 8. The van der Waals surface area contributed by atoms with Crippen LogP contribution in [0.2, 0.25) is 0 Å². The van der Waals surface area contributed by atoms with Gasteiger partial charge in [0.05, 0.1) is 7.11 Å². The second-order valence-corrected chi connectivity index (χ2v) is 9.01. The zero-order valence-corrected chi connectivity index (χ0v) is 19.7. The average molecular weight is 430 g/mol. The lowest BCUT2D eigenvalue weighted by Crippen LogP contribution is -2.48. The molecular formula is C25H35NO5. The molecule has 2 aromatic carbocycles. The first-order valence-electron chi connectivity index (χ1n) is 10.9. The third kappa shape index (κ3) is 6.61. The number of alkyl carbamates (subject to hydrolysis) is 1. The second kappa shape index (κ2) is 10.5. The Kier molecular flexibility index (Phi) is 8.31. The van der Waals surface area contributed by atoms with Crippen molar-refractivity contribution in [3.63, 3.8) is 0 Å². The van der Waals surface area contributed by atoms with Gasteiger partial charge in [-0.25, -0.2) is 9.59 Å². The Balaban J connectivity index is 2.40. The number of hydrogen-bond acceptors (Lipinski definition) is 5. The lowest BCUT2D eigenvalue weighted by atomic mass is 10.00. The van der Waals surface area contributed by atoms with Gasteiger partial charge in [0.1, 0.15) is 23.1 Å². The second-order valence-electron chi connectivity index (χ2n) is 9.01. The molecular weight excluding hydrogens is 394 g/mol. The van der Waals surface area contributed by atoms with Gasteiger partial charge in [0.15, 0.2) is 0 Å². The van der Waals surface area contributed by atoms with Crippen LogP contribution in [0.1, 0.15) is 59.9 Å². The molecule has 0 unspecified atom stereocenters. The molecule has 1 N–H and O–H groups in total. The first-order valence-corrected chi connectivity index (χ1v) is 10.9. The number of carbonyl (C=O) groups excluding carboxylic acids is 2. The van der Waals surface area contributed by atoms with E-state index in [-0.39, 0.29) is 5.92 Å². The molecule has 0 radical (unpaired) electrons. The van der Waals surface area contributed by atoms with Gasteiger partial charge in [-0.2, -0.15) is 0 Å². The van der Waals surface area contributed by atoms with Crippen molar-refractivity contribution in [3.05, 3.63) is 35.9 Å². The van der Waals surface area contributed by atoms with Gasteiger partial charge in [-0.15, -0.1) is 0 Å². The van der Waals surface area contributed by atoms with Crippen LogP contribution in [-0.2, 0) is 16.0 Å². The summed E-state index contributed by atoms with van der Waals surface area (Å²) in [4.78, 5) is 25.4. The van der Waals surface area contributed by atoms with Gasteiger partial charge in [-0.1, -0.05) is 51.5 Å². The number of benzene rings is 2. The van der Waals surface area contributed by atoms with Crippen molar-refractivity contribution in [2.75, 3.05) is 7.11 Å². The monoisotopic (exact) mass is 429 g/mol. The van der Waals surface area contributed by atoms with E-state index in [1.807, 2.05) is 44.2 Å². The number of fused-ring (bicyclic) bond motifs is 1. The quantitative estimate of drug-likeness (QED) is 0.434. The predicted molar refractivity (Wildman–Crippen MR) is 123 cm³/mol. The maximum Gasteiger partial charge on any atom is 0.408 e. The van der Waals surface area contributed by atoms with Crippen LogP contribution < -0.4 is 14.8 Å². The minimum Gasteiger partial charge on any atom is -0.496 e. The maximum atomic E-state index is 13.2. The normalized spacial score (nSPS) is 12.5. The summed E-state index contributed by atoms with van der Waals surface area (Å²) >= 11 is 0. The van der Waals surface area contributed by atoms with Gasteiger partial charge in [0, 0.05) is 10.8 Å². The Morgan fingerprint density at radius 2 is 1.74 bits per heavy atom. The maximum absolute atomic E-state index is 13.2. The standard InChI is InChI=1S/C25H35NO5/c1-8-9-12-17-15-20(29-7)18-13-10-11-14-19(18)22(17)30-23(27)21(16(2)3)26-24(28)31-25(4,5)6/h10-11,13-16,21H,8-9,12H2,1-7H3,(H,26,28)/t21-/m0/s1. The van der Waals surface area contributed by atoms with Crippen LogP contribution in [0.15, 0.2) is 30.3 Å². The molecule has 0 fully saturated rings. The van der Waals surface area contributed by atoms with Crippen LogP contribution in [0.4, 0.5) is 4.79 Å². The van der Waals surface area contributed by atoms with E-state index in [4.69, 9.17) is 14.2 Å². The van der Waals surface area contributed by atoms with Crippen LogP contribution in [0.25, 0.3) is 10.8 Å². The smallest absolute Gasteiger partial charge is 0.408 e. The Labute approximate surface area is 185 Å². The Hall–Kier alpha value is -2.76. The first kappa shape index (κ1) is 24.5. The minimum atomic E-state index is -0.838. The minimum absolute atomic E-state index is 0.177. The van der Waals surface area contributed by atoms with E-state index in [0.717, 1.165) is 41.3 Å². The molecule has 1 atom stereocenters. The number of carbonyl (C=O) groups is 2. The van der Waals surface area contributed by atoms with Crippen molar-refractivity contribution >= 4 is 22.8 Å². The van der Waals surface area contributed by atoms with Gasteiger partial charge in [-0.05, 0) is 51.2 Å². The van der Waals surface area contributed by atoms with Gasteiger partial charge < -0.3 is 19.5 Å². The van der Waals surface area contributed by atoms with E-state index in [2.05, 4.69) is 12.2 Å². The van der Waals surface area contributed by atoms with Crippen molar-refractivity contribution < 1.29 is 23.8 Å². The van der Waals surface area contributed by atoms with E-state index in [0.29, 0.717) is 5.75 Å². The van der Waals surface area contributed by atoms with E-state index in [9.17, 15) is 9.59 Å². The summed E-state index contributed by atoms with van der Waals surface area (Å²) in [6.45, 7) is 11.2. The van der Waals surface area contributed by atoms with Gasteiger partial charge >= 0.3 is 12.1 Å². The van der Waals surface area contributed by atoms with Crippen molar-refractivity contribution in [1.82, 2.24) is 5.32 Å². The molecule has 0 bridgehead atoms. The molecule has 6 heteroatoms. The van der Waals surface area contributed by atoms with Gasteiger partial charge in [0.25, 0.3) is 0 Å². The molecule has 6 nitrogen and oxygen atoms in total. The lowest BCUT2D eigenvalue weighted by Gasteiger charge is -2.25. The number of hydrogen-bond donors (Lipinski definition) is 1. The molecule has 0 saturated heterocycles. The van der Waals surface area contributed by atoms with Gasteiger partial charge in [-0.3, -0.25) is 0 Å². The molecule has 0 saturated carbocycles. The highest BCUT2D eigenvalue weighted by Gasteiger charge is 2.30. The summed E-state index contributed by atoms with van der Waals surface area (Å²) in [6, 6.07) is 8.78. The Morgan fingerprint density at radius 1 is 1.10 bits per heavy atom. The molecule has 0 aliphatic heterocycles. The fourth-order valence-corrected chi connectivity index (χ4v) is 3.31. The molecule has 0 heterocycles. The van der Waals surface area contributed by atoms with Crippen LogP contribution in [0.5, 0.6) is 11.5 Å². The third-order valence-electron chi connectivity index (χ3n) is 4.85. The van der Waals surface area contributed by atoms with E-state index in [1.54, 1.807) is 27.9 Å². The molecule has 0 aliphatic carbocycles.